The van der Waals surface area contributed by atoms with Crippen LogP contribution in [0.3, 0.4) is 0 Å². The van der Waals surface area contributed by atoms with Crippen LogP contribution in [0.5, 0.6) is 0 Å². The molecule has 9 aromatic rings. The number of benzene rings is 8. The third-order valence-corrected chi connectivity index (χ3v) is 9.02. The van der Waals surface area contributed by atoms with Gasteiger partial charge in [-0.1, -0.05) is 133 Å². The zero-order valence-electron chi connectivity index (χ0n) is 25.1. The van der Waals surface area contributed by atoms with Gasteiger partial charge in [-0.2, -0.15) is 0 Å². The van der Waals surface area contributed by atoms with Gasteiger partial charge in [0.15, 0.2) is 5.58 Å². The molecule has 0 saturated heterocycles. The summed E-state index contributed by atoms with van der Waals surface area (Å²) in [6.07, 6.45) is 0. The van der Waals surface area contributed by atoms with Crippen LogP contribution in [0.15, 0.2) is 180 Å². The van der Waals surface area contributed by atoms with Crippen LogP contribution in [-0.2, 0) is 0 Å². The number of hydrogen-bond acceptors (Lipinski definition) is 2. The molecule has 0 N–H and O–H groups in total. The number of rotatable bonds is 5. The monoisotopic (exact) mass is 587 g/mol. The first-order valence-corrected chi connectivity index (χ1v) is 15.7. The van der Waals surface area contributed by atoms with Gasteiger partial charge in [-0.05, 0) is 86.3 Å². The standard InChI is InChI=1S/C44H29NO/c1-3-11-30(12-4-1)32-19-22-37(23-20-32)45(38-24-21-31-13-7-8-16-34(31)27-38)41-26-25-39(33-14-5-2-6-15-33)43-40-28-35-17-9-10-18-36(35)29-42(40)46-44(41)43/h1-29H. The number of hydrogen-bond donors (Lipinski definition) is 0. The Kier molecular flexibility index (Phi) is 6.17. The predicted octanol–water partition coefficient (Wildman–Crippen LogP) is 12.7. The lowest BCUT2D eigenvalue weighted by Gasteiger charge is -2.26. The first-order valence-electron chi connectivity index (χ1n) is 15.7. The Labute approximate surface area is 267 Å². The van der Waals surface area contributed by atoms with Crippen LogP contribution >= 0.6 is 0 Å². The van der Waals surface area contributed by atoms with Gasteiger partial charge < -0.3 is 9.32 Å². The number of anilines is 3. The third-order valence-electron chi connectivity index (χ3n) is 9.02. The summed E-state index contributed by atoms with van der Waals surface area (Å²) in [4.78, 5) is 2.33. The van der Waals surface area contributed by atoms with Crippen molar-refractivity contribution in [2.45, 2.75) is 0 Å². The Bertz CT molecular complexity index is 2510. The molecule has 8 aromatic carbocycles. The molecule has 0 spiro atoms. The molecule has 1 heterocycles. The van der Waals surface area contributed by atoms with E-state index >= 15 is 0 Å². The Morgan fingerprint density at radius 1 is 0.391 bits per heavy atom. The molecular formula is C44H29NO. The summed E-state index contributed by atoms with van der Waals surface area (Å²) in [5.41, 5.74) is 9.60. The van der Waals surface area contributed by atoms with Crippen molar-refractivity contribution in [1.82, 2.24) is 0 Å². The summed E-state index contributed by atoms with van der Waals surface area (Å²) in [6, 6.07) is 62.6. The molecule has 0 radical (unpaired) electrons. The van der Waals surface area contributed by atoms with Crippen LogP contribution < -0.4 is 4.90 Å². The maximum absolute atomic E-state index is 6.92. The summed E-state index contributed by atoms with van der Waals surface area (Å²) < 4.78 is 6.92. The Morgan fingerprint density at radius 3 is 1.67 bits per heavy atom. The minimum Gasteiger partial charge on any atom is -0.454 e. The molecule has 0 aliphatic heterocycles. The van der Waals surface area contributed by atoms with E-state index in [-0.39, 0.29) is 0 Å². The second-order valence-corrected chi connectivity index (χ2v) is 11.8. The van der Waals surface area contributed by atoms with Gasteiger partial charge >= 0.3 is 0 Å². The van der Waals surface area contributed by atoms with Crippen molar-refractivity contribution >= 4 is 60.5 Å². The Hall–Kier alpha value is -6.12. The van der Waals surface area contributed by atoms with Gasteiger partial charge in [-0.15, -0.1) is 0 Å². The van der Waals surface area contributed by atoms with E-state index in [0.717, 1.165) is 44.6 Å². The van der Waals surface area contributed by atoms with Crippen molar-refractivity contribution in [2.24, 2.45) is 0 Å². The van der Waals surface area contributed by atoms with Gasteiger partial charge in [0.05, 0.1) is 5.69 Å². The molecule has 2 nitrogen and oxygen atoms in total. The fourth-order valence-corrected chi connectivity index (χ4v) is 6.76. The fourth-order valence-electron chi connectivity index (χ4n) is 6.76. The SMILES string of the molecule is c1ccc(-c2ccc(N(c3ccc4ccccc4c3)c3ccc(-c4ccccc4)c4c3oc3cc5ccccc5cc34)cc2)cc1. The van der Waals surface area contributed by atoms with E-state index in [4.69, 9.17) is 4.42 Å². The first-order chi connectivity index (χ1) is 22.8. The van der Waals surface area contributed by atoms with Crippen LogP contribution in [-0.4, -0.2) is 0 Å². The lowest BCUT2D eigenvalue weighted by Crippen LogP contribution is -2.10. The molecule has 0 amide bonds. The highest BCUT2D eigenvalue weighted by Gasteiger charge is 2.23. The van der Waals surface area contributed by atoms with E-state index in [1.807, 2.05) is 0 Å². The molecule has 0 atom stereocenters. The zero-order chi connectivity index (χ0) is 30.5. The molecule has 0 aliphatic rings. The largest absolute Gasteiger partial charge is 0.454 e. The highest BCUT2D eigenvalue weighted by molar-refractivity contribution is 6.19. The molecule has 0 fully saturated rings. The van der Waals surface area contributed by atoms with Gasteiger partial charge in [0, 0.05) is 22.1 Å². The molecule has 46 heavy (non-hydrogen) atoms. The van der Waals surface area contributed by atoms with Gasteiger partial charge in [-0.25, -0.2) is 0 Å². The zero-order valence-corrected chi connectivity index (χ0v) is 25.1. The number of fused-ring (bicyclic) bond motifs is 5. The minimum absolute atomic E-state index is 0.868. The minimum atomic E-state index is 0.868. The summed E-state index contributed by atoms with van der Waals surface area (Å²) >= 11 is 0. The lowest BCUT2D eigenvalue weighted by atomic mass is 9.97. The summed E-state index contributed by atoms with van der Waals surface area (Å²) in [7, 11) is 0. The smallest absolute Gasteiger partial charge is 0.160 e. The number of furan rings is 1. The first kappa shape index (κ1) is 26.3. The van der Waals surface area contributed by atoms with Crippen molar-refractivity contribution in [3.63, 3.8) is 0 Å². The molecule has 1 aromatic heterocycles. The van der Waals surface area contributed by atoms with E-state index in [9.17, 15) is 0 Å². The van der Waals surface area contributed by atoms with Crippen molar-refractivity contribution in [2.75, 3.05) is 4.90 Å². The summed E-state index contributed by atoms with van der Waals surface area (Å²) in [5, 5.41) is 7.01. The van der Waals surface area contributed by atoms with E-state index in [2.05, 4.69) is 181 Å². The van der Waals surface area contributed by atoms with Crippen LogP contribution in [0.1, 0.15) is 0 Å². The fraction of sp³-hybridized carbons (Fsp3) is 0. The molecule has 0 aliphatic carbocycles. The lowest BCUT2D eigenvalue weighted by molar-refractivity contribution is 0.669. The quantitative estimate of drug-likeness (QED) is 0.199. The van der Waals surface area contributed by atoms with E-state index in [0.29, 0.717) is 0 Å². The van der Waals surface area contributed by atoms with Crippen molar-refractivity contribution in [3.05, 3.63) is 176 Å². The molecular weight excluding hydrogens is 558 g/mol. The Balaban J connectivity index is 1.33. The third kappa shape index (κ3) is 4.43. The Morgan fingerprint density at radius 2 is 0.957 bits per heavy atom. The van der Waals surface area contributed by atoms with E-state index in [1.165, 1.54) is 38.2 Å². The van der Waals surface area contributed by atoms with Gasteiger partial charge in [0.2, 0.25) is 0 Å². The maximum atomic E-state index is 6.92. The van der Waals surface area contributed by atoms with Gasteiger partial charge in [0.1, 0.15) is 5.58 Å². The van der Waals surface area contributed by atoms with Gasteiger partial charge in [0.25, 0.3) is 0 Å². The maximum Gasteiger partial charge on any atom is 0.160 e. The highest BCUT2D eigenvalue weighted by atomic mass is 16.3. The predicted molar refractivity (Wildman–Crippen MR) is 194 cm³/mol. The van der Waals surface area contributed by atoms with E-state index in [1.54, 1.807) is 0 Å². The highest BCUT2D eigenvalue weighted by Crippen LogP contribution is 2.47. The second-order valence-electron chi connectivity index (χ2n) is 11.8. The van der Waals surface area contributed by atoms with Crippen LogP contribution in [0.4, 0.5) is 17.1 Å². The normalized spacial score (nSPS) is 11.5. The van der Waals surface area contributed by atoms with Crippen molar-refractivity contribution < 1.29 is 4.42 Å². The average Bonchev–Trinajstić information content (AvgIpc) is 3.50. The van der Waals surface area contributed by atoms with Crippen LogP contribution in [0.25, 0.3) is 65.7 Å². The van der Waals surface area contributed by atoms with Crippen molar-refractivity contribution in [1.29, 1.82) is 0 Å². The molecule has 0 unspecified atom stereocenters. The van der Waals surface area contributed by atoms with Crippen LogP contribution in [0, 0.1) is 0 Å². The van der Waals surface area contributed by atoms with E-state index < -0.39 is 0 Å². The molecule has 2 heteroatoms. The average molecular weight is 588 g/mol. The molecule has 9 rings (SSSR count). The van der Waals surface area contributed by atoms with Gasteiger partial charge in [-0.3, -0.25) is 0 Å². The molecule has 0 saturated carbocycles. The second kappa shape index (κ2) is 10.8. The topological polar surface area (TPSA) is 16.4 Å². The van der Waals surface area contributed by atoms with Crippen LogP contribution in [0.2, 0.25) is 0 Å². The molecule has 216 valence electrons. The number of nitrogens with zero attached hydrogens (tertiary/aromatic N) is 1. The summed E-state index contributed by atoms with van der Waals surface area (Å²) in [5.74, 6) is 0. The summed E-state index contributed by atoms with van der Waals surface area (Å²) in [6.45, 7) is 0. The van der Waals surface area contributed by atoms with Crippen molar-refractivity contribution in [3.8, 4) is 22.3 Å². The molecule has 0 bridgehead atoms.